The van der Waals surface area contributed by atoms with Gasteiger partial charge in [-0.25, -0.2) is 13.8 Å². The Morgan fingerprint density at radius 1 is 1.36 bits per heavy atom. The molecule has 2 heterocycles. The molecule has 0 radical (unpaired) electrons. The number of hydrogen-bond acceptors (Lipinski definition) is 5. The zero-order valence-corrected chi connectivity index (χ0v) is 12.7. The van der Waals surface area contributed by atoms with E-state index in [1.807, 2.05) is 0 Å². The zero-order valence-electron chi connectivity index (χ0n) is 12.7. The summed E-state index contributed by atoms with van der Waals surface area (Å²) < 4.78 is 26.5. The van der Waals surface area contributed by atoms with Crippen molar-refractivity contribution in [3.8, 4) is 0 Å². The van der Waals surface area contributed by atoms with Crippen LogP contribution in [0, 0.1) is 23.0 Å². The van der Waals surface area contributed by atoms with Crippen LogP contribution in [0.5, 0.6) is 0 Å². The third-order valence-electron chi connectivity index (χ3n) is 3.75. The summed E-state index contributed by atoms with van der Waals surface area (Å²) in [6.45, 7) is -0.298. The summed E-state index contributed by atoms with van der Waals surface area (Å²) in [5.74, 6) is -5.24. The predicted molar refractivity (Wildman–Crippen MR) is 82.0 cm³/mol. The number of rotatable bonds is 3. The molecule has 1 aliphatic rings. The molecule has 2 aromatic rings. The van der Waals surface area contributed by atoms with Gasteiger partial charge < -0.3 is 10.7 Å². The van der Waals surface area contributed by atoms with E-state index in [-0.39, 0.29) is 34.3 Å². The van der Waals surface area contributed by atoms with Crippen LogP contribution < -0.4 is 10.4 Å². The summed E-state index contributed by atoms with van der Waals surface area (Å²) >= 11 is 0. The summed E-state index contributed by atoms with van der Waals surface area (Å²) in [6, 6.07) is 5.82. The van der Waals surface area contributed by atoms with Crippen molar-refractivity contribution in [2.75, 3.05) is 5.06 Å². The highest BCUT2D eigenvalue weighted by atomic mass is 19.1. The van der Waals surface area contributed by atoms with Crippen molar-refractivity contribution in [1.82, 2.24) is 10.3 Å². The minimum absolute atomic E-state index is 0.0208. The van der Waals surface area contributed by atoms with Gasteiger partial charge in [-0.3, -0.25) is 14.8 Å². The van der Waals surface area contributed by atoms with Gasteiger partial charge in [0.2, 0.25) is 5.91 Å². The molecule has 1 atom stereocenters. The Balaban J connectivity index is 1.80. The maximum absolute atomic E-state index is 13.6. The number of anilines is 1. The number of hydrogen-bond donors (Lipinski definition) is 3. The Morgan fingerprint density at radius 2 is 2.12 bits per heavy atom. The van der Waals surface area contributed by atoms with Gasteiger partial charge >= 0.3 is 0 Å². The van der Waals surface area contributed by atoms with Gasteiger partial charge in [0.15, 0.2) is 11.7 Å². The number of aromatic nitrogens is 1. The second-order valence-corrected chi connectivity index (χ2v) is 5.32. The van der Waals surface area contributed by atoms with E-state index in [9.17, 15) is 23.6 Å². The molecule has 1 aromatic heterocycles. The third kappa shape index (κ3) is 2.96. The van der Waals surface area contributed by atoms with Crippen LogP contribution in [-0.2, 0) is 16.1 Å². The molecular formula is C16H12F2N4O3. The lowest BCUT2D eigenvalue weighted by molar-refractivity contribution is -0.134. The second kappa shape index (κ2) is 6.36. The molecule has 1 aliphatic heterocycles. The Hall–Kier alpha value is -3.20. The molecule has 1 unspecified atom stereocenters. The van der Waals surface area contributed by atoms with Crippen LogP contribution in [0.4, 0.5) is 14.6 Å². The van der Waals surface area contributed by atoms with Crippen molar-refractivity contribution in [3.63, 3.8) is 0 Å². The number of halogens is 2. The Bertz CT molecular complexity index is 887. The fraction of sp³-hybridized carbons (Fsp3) is 0.125. The molecule has 0 fully saturated rings. The molecule has 0 aliphatic carbocycles. The van der Waals surface area contributed by atoms with Crippen molar-refractivity contribution in [2.24, 2.45) is 5.92 Å². The summed E-state index contributed by atoms with van der Waals surface area (Å²) in [4.78, 5) is 28.3. The minimum Gasteiger partial charge on any atom is -0.351 e. The number of carbonyl (C=O) groups is 2. The highest BCUT2D eigenvalue weighted by Crippen LogP contribution is 2.27. The molecule has 3 rings (SSSR count). The fourth-order valence-electron chi connectivity index (χ4n) is 2.47. The molecule has 0 bridgehead atoms. The fourth-order valence-corrected chi connectivity index (χ4v) is 2.47. The Morgan fingerprint density at radius 3 is 2.84 bits per heavy atom. The number of fused-ring (bicyclic) bond motifs is 1. The van der Waals surface area contributed by atoms with E-state index in [1.165, 1.54) is 18.3 Å². The van der Waals surface area contributed by atoms with Crippen LogP contribution >= 0.6 is 0 Å². The topological polar surface area (TPSA) is 106 Å². The van der Waals surface area contributed by atoms with E-state index < -0.39 is 29.4 Å². The first-order valence-corrected chi connectivity index (χ1v) is 7.18. The number of hydroxylamine groups is 1. The number of benzene rings is 1. The maximum atomic E-state index is 13.6. The summed E-state index contributed by atoms with van der Waals surface area (Å²) in [6.07, 6.45) is 1.33. The molecule has 0 spiro atoms. The van der Waals surface area contributed by atoms with Crippen molar-refractivity contribution >= 4 is 23.3 Å². The van der Waals surface area contributed by atoms with E-state index in [0.29, 0.717) is 6.07 Å². The SMILES string of the molecule is N=C1c2cccnc2N(O)C(=O)C1C(=O)NCc1ccc(F)cc1F. The Kier molecular flexibility index (Phi) is 4.24. The first kappa shape index (κ1) is 16.7. The molecule has 9 heteroatoms. The molecule has 0 saturated carbocycles. The van der Waals surface area contributed by atoms with Crippen LogP contribution in [-0.4, -0.2) is 27.7 Å². The number of nitrogens with one attached hydrogen (secondary N) is 2. The highest BCUT2D eigenvalue weighted by Gasteiger charge is 2.42. The molecule has 128 valence electrons. The van der Waals surface area contributed by atoms with Crippen LogP contribution in [0.25, 0.3) is 0 Å². The number of pyridine rings is 1. The van der Waals surface area contributed by atoms with Gasteiger partial charge in [0, 0.05) is 29.9 Å². The van der Waals surface area contributed by atoms with E-state index in [1.54, 1.807) is 0 Å². The van der Waals surface area contributed by atoms with Crippen molar-refractivity contribution in [3.05, 3.63) is 59.3 Å². The molecule has 7 nitrogen and oxygen atoms in total. The van der Waals surface area contributed by atoms with Gasteiger partial charge in [0.25, 0.3) is 5.91 Å². The molecule has 3 N–H and O–H groups in total. The molecule has 25 heavy (non-hydrogen) atoms. The van der Waals surface area contributed by atoms with E-state index in [0.717, 1.165) is 12.1 Å². The quantitative estimate of drug-likeness (QED) is 0.577. The average molecular weight is 346 g/mol. The van der Waals surface area contributed by atoms with Gasteiger partial charge in [0.05, 0.1) is 5.71 Å². The van der Waals surface area contributed by atoms with Crippen LogP contribution in [0.3, 0.4) is 0 Å². The zero-order chi connectivity index (χ0) is 18.1. The first-order valence-electron chi connectivity index (χ1n) is 7.18. The molecular weight excluding hydrogens is 334 g/mol. The molecule has 0 saturated heterocycles. The highest BCUT2D eigenvalue weighted by molar-refractivity contribution is 6.30. The van der Waals surface area contributed by atoms with Gasteiger partial charge in [0.1, 0.15) is 11.6 Å². The predicted octanol–water partition coefficient (Wildman–Crippen LogP) is 1.40. The smallest absolute Gasteiger partial charge is 0.270 e. The van der Waals surface area contributed by atoms with Gasteiger partial charge in [-0.2, -0.15) is 5.06 Å². The standard InChI is InChI=1S/C16H12F2N4O3/c17-9-4-3-8(11(18)6-9)7-21-15(23)12-13(19)10-2-1-5-20-14(10)22(25)16(12)24/h1-6,12,19,25H,7H2,(H,21,23). The van der Waals surface area contributed by atoms with E-state index >= 15 is 0 Å². The van der Waals surface area contributed by atoms with Gasteiger partial charge in [-0.1, -0.05) is 6.07 Å². The first-order chi connectivity index (χ1) is 11.9. The summed E-state index contributed by atoms with van der Waals surface area (Å²) in [7, 11) is 0. The van der Waals surface area contributed by atoms with Crippen molar-refractivity contribution < 1.29 is 23.6 Å². The average Bonchev–Trinajstić information content (AvgIpc) is 2.59. The lowest BCUT2D eigenvalue weighted by Gasteiger charge is -2.28. The minimum atomic E-state index is -1.59. The van der Waals surface area contributed by atoms with Crippen molar-refractivity contribution in [1.29, 1.82) is 5.41 Å². The lowest BCUT2D eigenvalue weighted by atomic mass is 9.91. The Labute approximate surface area is 140 Å². The lowest BCUT2D eigenvalue weighted by Crippen LogP contribution is -2.50. The normalized spacial score (nSPS) is 16.6. The van der Waals surface area contributed by atoms with Gasteiger partial charge in [-0.05, 0) is 18.2 Å². The van der Waals surface area contributed by atoms with Crippen LogP contribution in [0.2, 0.25) is 0 Å². The van der Waals surface area contributed by atoms with E-state index in [2.05, 4.69) is 10.3 Å². The summed E-state index contributed by atoms with van der Waals surface area (Å²) in [5, 5.41) is 20.5. The van der Waals surface area contributed by atoms with E-state index in [4.69, 9.17) is 5.41 Å². The van der Waals surface area contributed by atoms with Crippen molar-refractivity contribution in [2.45, 2.75) is 6.54 Å². The largest absolute Gasteiger partial charge is 0.351 e. The molecule has 1 aromatic carbocycles. The van der Waals surface area contributed by atoms with Crippen LogP contribution in [0.15, 0.2) is 36.5 Å². The molecule has 2 amide bonds. The number of amides is 2. The number of nitrogens with zero attached hydrogens (tertiary/aromatic N) is 2. The maximum Gasteiger partial charge on any atom is 0.270 e. The second-order valence-electron chi connectivity index (χ2n) is 5.32. The summed E-state index contributed by atoms with van der Waals surface area (Å²) in [5.41, 5.74) is -0.166. The number of carbonyl (C=O) groups excluding carboxylic acids is 2. The van der Waals surface area contributed by atoms with Gasteiger partial charge in [-0.15, -0.1) is 0 Å². The van der Waals surface area contributed by atoms with Crippen LogP contribution in [0.1, 0.15) is 11.1 Å². The monoisotopic (exact) mass is 346 g/mol. The third-order valence-corrected chi connectivity index (χ3v) is 3.75.